The van der Waals surface area contributed by atoms with Gasteiger partial charge in [-0.05, 0) is 32.4 Å². The second-order valence-corrected chi connectivity index (χ2v) is 5.84. The van der Waals surface area contributed by atoms with E-state index in [1.54, 1.807) is 7.11 Å². The highest BCUT2D eigenvalue weighted by atomic mass is 16.5. The second kappa shape index (κ2) is 6.37. The fourth-order valence-corrected chi connectivity index (χ4v) is 2.46. The molecule has 4 nitrogen and oxygen atoms in total. The minimum atomic E-state index is -0.0517. The predicted octanol–water partition coefficient (Wildman–Crippen LogP) is 2.96. The van der Waals surface area contributed by atoms with Crippen LogP contribution in [0.25, 0.3) is 11.0 Å². The molecule has 0 unspecified atom stereocenters. The molecule has 0 radical (unpaired) electrons. The third kappa shape index (κ3) is 3.38. The topological polar surface area (TPSA) is 39.1 Å². The molecule has 1 heterocycles. The Labute approximate surface area is 121 Å². The quantitative estimate of drug-likeness (QED) is 0.844. The third-order valence-electron chi connectivity index (χ3n) is 3.41. The Balaban J connectivity index is 2.22. The predicted molar refractivity (Wildman–Crippen MR) is 82.8 cm³/mol. The number of nitrogens with one attached hydrogen (secondary N) is 1. The number of hydrogen-bond donors (Lipinski definition) is 1. The highest BCUT2D eigenvalue weighted by Gasteiger charge is 2.18. The summed E-state index contributed by atoms with van der Waals surface area (Å²) >= 11 is 0. The van der Waals surface area contributed by atoms with Crippen LogP contribution < -0.4 is 5.32 Å². The number of benzene rings is 1. The minimum absolute atomic E-state index is 0.0517. The molecule has 0 fully saturated rings. The van der Waals surface area contributed by atoms with Crippen LogP contribution in [0.15, 0.2) is 24.3 Å². The molecule has 0 bridgehead atoms. The van der Waals surface area contributed by atoms with E-state index in [4.69, 9.17) is 9.72 Å². The Morgan fingerprint density at radius 3 is 2.75 bits per heavy atom. The number of hydrogen-bond acceptors (Lipinski definition) is 3. The first-order chi connectivity index (χ1) is 9.57. The van der Waals surface area contributed by atoms with Crippen LogP contribution in [0.1, 0.15) is 33.0 Å². The maximum atomic E-state index is 5.24. The molecule has 1 aromatic heterocycles. The Morgan fingerprint density at radius 2 is 2.05 bits per heavy atom. The van der Waals surface area contributed by atoms with Crippen LogP contribution in [0, 0.1) is 0 Å². The van der Waals surface area contributed by atoms with Gasteiger partial charge >= 0.3 is 0 Å². The zero-order chi connectivity index (χ0) is 14.6. The highest BCUT2D eigenvalue weighted by Crippen LogP contribution is 2.17. The fraction of sp³-hybridized carbons (Fsp3) is 0.562. The number of imidazole rings is 1. The molecule has 4 heteroatoms. The van der Waals surface area contributed by atoms with Gasteiger partial charge in [-0.1, -0.05) is 19.1 Å². The molecule has 0 aliphatic heterocycles. The van der Waals surface area contributed by atoms with Gasteiger partial charge in [-0.15, -0.1) is 0 Å². The van der Waals surface area contributed by atoms with E-state index in [1.165, 1.54) is 5.52 Å². The zero-order valence-electron chi connectivity index (χ0n) is 12.9. The van der Waals surface area contributed by atoms with E-state index in [1.807, 2.05) is 6.07 Å². The highest BCUT2D eigenvalue weighted by molar-refractivity contribution is 5.75. The normalized spacial score (nSPS) is 12.2. The number of nitrogens with zero attached hydrogens (tertiary/aromatic N) is 2. The van der Waals surface area contributed by atoms with Crippen molar-refractivity contribution in [3.05, 3.63) is 30.1 Å². The maximum absolute atomic E-state index is 5.24. The van der Waals surface area contributed by atoms with E-state index in [2.05, 4.69) is 48.9 Å². The molecule has 0 aliphatic carbocycles. The summed E-state index contributed by atoms with van der Waals surface area (Å²) < 4.78 is 7.55. The van der Waals surface area contributed by atoms with Crippen LogP contribution >= 0.6 is 0 Å². The molecule has 0 aliphatic rings. The van der Waals surface area contributed by atoms with Gasteiger partial charge in [0.15, 0.2) is 0 Å². The van der Waals surface area contributed by atoms with E-state index in [0.717, 1.165) is 30.9 Å². The molecular formula is C16H25N3O. The van der Waals surface area contributed by atoms with Gasteiger partial charge in [-0.25, -0.2) is 4.98 Å². The van der Waals surface area contributed by atoms with E-state index >= 15 is 0 Å². The van der Waals surface area contributed by atoms with Gasteiger partial charge in [0.25, 0.3) is 0 Å². The molecule has 1 aromatic carbocycles. The molecule has 0 saturated heterocycles. The summed E-state index contributed by atoms with van der Waals surface area (Å²) in [5, 5.41) is 3.53. The summed E-state index contributed by atoms with van der Waals surface area (Å²) in [6.45, 7) is 8.92. The Kier molecular flexibility index (Phi) is 4.78. The lowest BCUT2D eigenvalue weighted by Crippen LogP contribution is -2.43. The average molecular weight is 275 g/mol. The van der Waals surface area contributed by atoms with Gasteiger partial charge in [0.2, 0.25) is 0 Å². The number of rotatable bonds is 7. The van der Waals surface area contributed by atoms with Crippen LogP contribution in [0.2, 0.25) is 0 Å². The van der Waals surface area contributed by atoms with E-state index in [9.17, 15) is 0 Å². The molecule has 1 N–H and O–H groups in total. The average Bonchev–Trinajstić information content (AvgIpc) is 2.76. The second-order valence-electron chi connectivity index (χ2n) is 5.84. The molecular weight excluding hydrogens is 250 g/mol. The number of ether oxygens (including phenoxy) is 1. The minimum Gasteiger partial charge on any atom is -0.383 e. The molecule has 0 spiro atoms. The molecule has 0 saturated carbocycles. The maximum Gasteiger partial charge on any atom is 0.123 e. The SMILES string of the molecule is CCCn1c(CNC(C)(C)COC)nc2ccccc21. The van der Waals surface area contributed by atoms with E-state index in [-0.39, 0.29) is 5.54 Å². The summed E-state index contributed by atoms with van der Waals surface area (Å²) in [6.07, 6.45) is 1.11. The van der Waals surface area contributed by atoms with Crippen molar-refractivity contribution in [1.82, 2.24) is 14.9 Å². The molecule has 20 heavy (non-hydrogen) atoms. The number of methoxy groups -OCH3 is 1. The number of fused-ring (bicyclic) bond motifs is 1. The first-order valence-electron chi connectivity index (χ1n) is 7.25. The van der Waals surface area contributed by atoms with Crippen LogP contribution in [0.5, 0.6) is 0 Å². The molecule has 0 atom stereocenters. The van der Waals surface area contributed by atoms with Gasteiger partial charge in [-0.2, -0.15) is 0 Å². The van der Waals surface area contributed by atoms with Crippen molar-refractivity contribution in [3.63, 3.8) is 0 Å². The van der Waals surface area contributed by atoms with Crippen LogP contribution in [0.4, 0.5) is 0 Å². The van der Waals surface area contributed by atoms with Crippen molar-refractivity contribution < 1.29 is 4.74 Å². The van der Waals surface area contributed by atoms with Crippen LogP contribution in [-0.4, -0.2) is 28.8 Å². The van der Waals surface area contributed by atoms with Gasteiger partial charge < -0.3 is 14.6 Å². The molecule has 0 amide bonds. The third-order valence-corrected chi connectivity index (χ3v) is 3.41. The first kappa shape index (κ1) is 15.0. The smallest absolute Gasteiger partial charge is 0.123 e. The fourth-order valence-electron chi connectivity index (χ4n) is 2.46. The van der Waals surface area contributed by atoms with E-state index < -0.39 is 0 Å². The number of aryl methyl sites for hydroxylation is 1. The van der Waals surface area contributed by atoms with Crippen molar-refractivity contribution in [1.29, 1.82) is 0 Å². The molecule has 110 valence electrons. The summed E-state index contributed by atoms with van der Waals surface area (Å²) in [5.41, 5.74) is 2.24. The Hall–Kier alpha value is -1.39. The standard InChI is InChI=1S/C16H25N3O/c1-5-10-19-14-9-7-6-8-13(14)18-15(19)11-17-16(2,3)12-20-4/h6-9,17H,5,10-12H2,1-4H3. The largest absolute Gasteiger partial charge is 0.383 e. The zero-order valence-corrected chi connectivity index (χ0v) is 12.9. The van der Waals surface area contributed by atoms with Crippen molar-refractivity contribution >= 4 is 11.0 Å². The van der Waals surface area contributed by atoms with Crippen molar-refractivity contribution in [3.8, 4) is 0 Å². The lowest BCUT2D eigenvalue weighted by Gasteiger charge is -2.25. The van der Waals surface area contributed by atoms with Gasteiger partial charge in [0, 0.05) is 19.2 Å². The van der Waals surface area contributed by atoms with Gasteiger partial charge in [0.05, 0.1) is 24.2 Å². The summed E-state index contributed by atoms with van der Waals surface area (Å²) in [7, 11) is 1.73. The van der Waals surface area contributed by atoms with Crippen molar-refractivity contribution in [2.45, 2.75) is 45.8 Å². The lowest BCUT2D eigenvalue weighted by molar-refractivity contribution is 0.127. The lowest BCUT2D eigenvalue weighted by atomic mass is 10.1. The summed E-state index contributed by atoms with van der Waals surface area (Å²) in [5.74, 6) is 1.09. The number of aromatic nitrogens is 2. The van der Waals surface area contributed by atoms with E-state index in [0.29, 0.717) is 6.61 Å². The molecule has 2 rings (SSSR count). The summed E-state index contributed by atoms with van der Waals surface area (Å²) in [4.78, 5) is 4.75. The first-order valence-corrected chi connectivity index (χ1v) is 7.25. The van der Waals surface area contributed by atoms with Crippen molar-refractivity contribution in [2.75, 3.05) is 13.7 Å². The van der Waals surface area contributed by atoms with Crippen LogP contribution in [-0.2, 0) is 17.8 Å². The van der Waals surface area contributed by atoms with Crippen LogP contribution in [0.3, 0.4) is 0 Å². The van der Waals surface area contributed by atoms with Crippen molar-refractivity contribution in [2.24, 2.45) is 0 Å². The van der Waals surface area contributed by atoms with Gasteiger partial charge in [0.1, 0.15) is 5.82 Å². The molecule has 2 aromatic rings. The van der Waals surface area contributed by atoms with Gasteiger partial charge in [-0.3, -0.25) is 0 Å². The Morgan fingerprint density at radius 1 is 1.30 bits per heavy atom. The monoisotopic (exact) mass is 275 g/mol. The number of para-hydroxylation sites is 2. The summed E-state index contributed by atoms with van der Waals surface area (Å²) in [6, 6.07) is 8.33. The Bertz CT molecular complexity index is 560.